The Morgan fingerprint density at radius 1 is 1.22 bits per heavy atom. The van der Waals surface area contributed by atoms with Crippen LogP contribution >= 0.6 is 11.6 Å². The third-order valence-corrected chi connectivity index (χ3v) is 5.29. The molecule has 0 saturated heterocycles. The molecule has 0 spiro atoms. The smallest absolute Gasteiger partial charge is 0.323 e. The van der Waals surface area contributed by atoms with Crippen LogP contribution in [0.4, 0.5) is 15.0 Å². The van der Waals surface area contributed by atoms with Crippen LogP contribution in [0, 0.1) is 5.82 Å². The van der Waals surface area contributed by atoms with Gasteiger partial charge in [0.15, 0.2) is 5.82 Å². The monoisotopic (exact) mass is 383 g/mol. The standard InChI is InChI=1S/C19H15ClFN5O/c20-13-8-16-12(7-14(13)21)10-5-6-26(9-17(10)22-16)19(27)23-18-11-3-1-2-4-15(11)24-25-18/h1-4,7-8,22H,5-6,9H2,(H2,23,24,25,27). The van der Waals surface area contributed by atoms with Gasteiger partial charge in [0.05, 0.1) is 17.1 Å². The fraction of sp³-hybridized carbons (Fsp3) is 0.158. The number of carbonyl (C=O) groups is 1. The molecule has 1 aliphatic heterocycles. The number of fused-ring (bicyclic) bond motifs is 4. The molecule has 0 fully saturated rings. The lowest BCUT2D eigenvalue weighted by molar-refractivity contribution is 0.206. The first-order chi connectivity index (χ1) is 13.1. The Hall–Kier alpha value is -3.06. The van der Waals surface area contributed by atoms with Crippen molar-refractivity contribution in [3.05, 3.63) is 58.5 Å². The van der Waals surface area contributed by atoms with Gasteiger partial charge >= 0.3 is 6.03 Å². The van der Waals surface area contributed by atoms with Crippen LogP contribution in [-0.2, 0) is 13.0 Å². The summed E-state index contributed by atoms with van der Waals surface area (Å²) in [5, 5.41) is 11.7. The van der Waals surface area contributed by atoms with Gasteiger partial charge in [-0.15, -0.1) is 0 Å². The van der Waals surface area contributed by atoms with Crippen LogP contribution in [0.15, 0.2) is 36.4 Å². The molecule has 0 saturated carbocycles. The lowest BCUT2D eigenvalue weighted by Gasteiger charge is -2.27. The number of halogens is 2. The second-order valence-corrected chi connectivity index (χ2v) is 7.02. The largest absolute Gasteiger partial charge is 0.357 e. The number of urea groups is 1. The topological polar surface area (TPSA) is 76.8 Å². The zero-order valence-corrected chi connectivity index (χ0v) is 14.9. The third-order valence-electron chi connectivity index (χ3n) is 5.00. The molecule has 136 valence electrons. The minimum atomic E-state index is -0.434. The lowest BCUT2D eigenvalue weighted by Crippen LogP contribution is -2.38. The number of rotatable bonds is 1. The Bertz CT molecular complexity index is 1200. The Morgan fingerprint density at radius 3 is 2.96 bits per heavy atom. The van der Waals surface area contributed by atoms with Gasteiger partial charge in [-0.2, -0.15) is 5.10 Å². The molecule has 1 aliphatic rings. The zero-order chi connectivity index (χ0) is 18.5. The van der Waals surface area contributed by atoms with Crippen LogP contribution in [0.2, 0.25) is 5.02 Å². The van der Waals surface area contributed by atoms with Gasteiger partial charge < -0.3 is 9.88 Å². The fourth-order valence-corrected chi connectivity index (χ4v) is 3.81. The van der Waals surface area contributed by atoms with Crippen molar-refractivity contribution in [2.24, 2.45) is 0 Å². The zero-order valence-electron chi connectivity index (χ0n) is 14.1. The predicted octanol–water partition coefficient (Wildman–Crippen LogP) is 4.43. The minimum absolute atomic E-state index is 0.0844. The minimum Gasteiger partial charge on any atom is -0.357 e. The number of amides is 2. The summed E-state index contributed by atoms with van der Waals surface area (Å²) in [6.45, 7) is 0.954. The van der Waals surface area contributed by atoms with Crippen molar-refractivity contribution in [2.45, 2.75) is 13.0 Å². The summed E-state index contributed by atoms with van der Waals surface area (Å²) < 4.78 is 13.8. The molecule has 3 N–H and O–H groups in total. The Balaban J connectivity index is 1.41. The van der Waals surface area contributed by atoms with E-state index in [1.807, 2.05) is 24.3 Å². The summed E-state index contributed by atoms with van der Waals surface area (Å²) in [5.41, 5.74) is 3.59. The Kier molecular flexibility index (Phi) is 3.58. The van der Waals surface area contributed by atoms with Crippen molar-refractivity contribution in [2.75, 3.05) is 11.9 Å². The van der Waals surface area contributed by atoms with E-state index >= 15 is 0 Å². The van der Waals surface area contributed by atoms with E-state index in [2.05, 4.69) is 20.5 Å². The number of aromatic amines is 2. The maximum Gasteiger partial charge on any atom is 0.323 e. The fourth-order valence-electron chi connectivity index (χ4n) is 3.65. The normalized spacial score (nSPS) is 13.9. The summed E-state index contributed by atoms with van der Waals surface area (Å²) in [5.74, 6) is 0.0726. The highest BCUT2D eigenvalue weighted by molar-refractivity contribution is 6.31. The first-order valence-electron chi connectivity index (χ1n) is 8.57. The van der Waals surface area contributed by atoms with Crippen molar-refractivity contribution < 1.29 is 9.18 Å². The van der Waals surface area contributed by atoms with Gasteiger partial charge in [-0.3, -0.25) is 10.4 Å². The van der Waals surface area contributed by atoms with Crippen LogP contribution in [0.25, 0.3) is 21.8 Å². The lowest BCUT2D eigenvalue weighted by atomic mass is 10.0. The van der Waals surface area contributed by atoms with Gasteiger partial charge in [0.2, 0.25) is 0 Å². The number of nitrogens with zero attached hydrogens (tertiary/aromatic N) is 2. The second-order valence-electron chi connectivity index (χ2n) is 6.61. The van der Waals surface area contributed by atoms with E-state index < -0.39 is 5.82 Å². The average Bonchev–Trinajstić information content (AvgIpc) is 3.23. The van der Waals surface area contributed by atoms with E-state index in [0.29, 0.717) is 25.3 Å². The van der Waals surface area contributed by atoms with Crippen LogP contribution in [0.3, 0.4) is 0 Å². The number of H-pyrrole nitrogens is 2. The van der Waals surface area contributed by atoms with Crippen molar-refractivity contribution in [1.82, 2.24) is 20.1 Å². The van der Waals surface area contributed by atoms with Gasteiger partial charge in [0.25, 0.3) is 0 Å². The molecular formula is C19H15ClFN5O. The van der Waals surface area contributed by atoms with Gasteiger partial charge in [0.1, 0.15) is 5.82 Å². The van der Waals surface area contributed by atoms with Crippen molar-refractivity contribution in [1.29, 1.82) is 0 Å². The van der Waals surface area contributed by atoms with E-state index in [9.17, 15) is 9.18 Å². The molecular weight excluding hydrogens is 369 g/mol. The number of hydrogen-bond acceptors (Lipinski definition) is 2. The molecule has 6 nitrogen and oxygen atoms in total. The molecule has 8 heteroatoms. The molecule has 27 heavy (non-hydrogen) atoms. The highest BCUT2D eigenvalue weighted by atomic mass is 35.5. The Labute approximate surface area is 158 Å². The molecule has 2 aromatic heterocycles. The van der Waals surface area contributed by atoms with E-state index in [-0.39, 0.29) is 11.1 Å². The summed E-state index contributed by atoms with van der Waals surface area (Å²) in [7, 11) is 0. The maximum absolute atomic E-state index is 13.8. The first-order valence-corrected chi connectivity index (χ1v) is 8.95. The molecule has 5 rings (SSSR count). The van der Waals surface area contributed by atoms with Gasteiger partial charge in [-0.25, -0.2) is 9.18 Å². The van der Waals surface area contributed by atoms with Crippen LogP contribution in [-0.4, -0.2) is 32.7 Å². The van der Waals surface area contributed by atoms with Crippen molar-refractivity contribution in [3.8, 4) is 0 Å². The average molecular weight is 384 g/mol. The number of nitrogens with one attached hydrogen (secondary N) is 3. The number of hydrogen-bond donors (Lipinski definition) is 3. The number of aromatic nitrogens is 3. The SMILES string of the molecule is O=C(Nc1n[nH]c2ccccc12)N1CCc2c([nH]c3cc(Cl)c(F)cc23)C1. The summed E-state index contributed by atoms with van der Waals surface area (Å²) in [4.78, 5) is 17.7. The highest BCUT2D eigenvalue weighted by Gasteiger charge is 2.25. The summed E-state index contributed by atoms with van der Waals surface area (Å²) >= 11 is 5.88. The summed E-state index contributed by atoms with van der Waals surface area (Å²) in [6.07, 6.45) is 0.644. The van der Waals surface area contributed by atoms with E-state index in [4.69, 9.17) is 11.6 Å². The molecule has 2 aromatic carbocycles. The van der Waals surface area contributed by atoms with Crippen LogP contribution < -0.4 is 5.32 Å². The van der Waals surface area contributed by atoms with E-state index in [1.165, 1.54) is 6.07 Å². The maximum atomic E-state index is 13.8. The molecule has 0 unspecified atom stereocenters. The molecule has 4 aromatic rings. The number of benzene rings is 2. The van der Waals surface area contributed by atoms with Gasteiger partial charge in [0, 0.05) is 28.5 Å². The molecule has 0 aliphatic carbocycles. The van der Waals surface area contributed by atoms with Crippen LogP contribution in [0.5, 0.6) is 0 Å². The molecule has 0 bridgehead atoms. The second kappa shape index (κ2) is 5.99. The first kappa shape index (κ1) is 16.1. The summed E-state index contributed by atoms with van der Waals surface area (Å²) in [6, 6.07) is 10.4. The molecule has 0 atom stereocenters. The van der Waals surface area contributed by atoms with Crippen molar-refractivity contribution >= 4 is 45.3 Å². The van der Waals surface area contributed by atoms with Crippen molar-refractivity contribution in [3.63, 3.8) is 0 Å². The number of anilines is 1. The number of para-hydroxylation sites is 1. The molecule has 0 radical (unpaired) electrons. The van der Waals surface area contributed by atoms with E-state index in [1.54, 1.807) is 11.0 Å². The van der Waals surface area contributed by atoms with Gasteiger partial charge in [-0.1, -0.05) is 23.7 Å². The third kappa shape index (κ3) is 2.62. The highest BCUT2D eigenvalue weighted by Crippen LogP contribution is 2.31. The quantitative estimate of drug-likeness (QED) is 0.455. The van der Waals surface area contributed by atoms with Crippen LogP contribution in [0.1, 0.15) is 11.3 Å². The Morgan fingerprint density at radius 2 is 2.07 bits per heavy atom. The van der Waals surface area contributed by atoms with E-state index in [0.717, 1.165) is 33.1 Å². The molecule has 3 heterocycles. The molecule has 2 amide bonds. The van der Waals surface area contributed by atoms with Gasteiger partial charge in [-0.05, 0) is 36.2 Å². The number of carbonyl (C=O) groups excluding carboxylic acids is 1. The predicted molar refractivity (Wildman–Crippen MR) is 102 cm³/mol.